The molecular weight excluding hydrogens is 304 g/mol. The lowest BCUT2D eigenvalue weighted by atomic mass is 10.2. The Kier molecular flexibility index (Phi) is 6.29. The van der Waals surface area contributed by atoms with Gasteiger partial charge < -0.3 is 10.1 Å². The van der Waals surface area contributed by atoms with E-state index in [4.69, 9.17) is 10.00 Å². The first-order valence-electron chi connectivity index (χ1n) is 7.61. The fraction of sp³-hybridized carbons (Fsp3) is 0.278. The summed E-state index contributed by atoms with van der Waals surface area (Å²) in [5.41, 5.74) is 1.54. The molecule has 1 aromatic carbocycles. The highest BCUT2D eigenvalue weighted by Gasteiger charge is 2.08. The summed E-state index contributed by atoms with van der Waals surface area (Å²) in [6, 6.07) is 12.8. The number of nitriles is 1. The molecule has 0 saturated heterocycles. The van der Waals surface area contributed by atoms with E-state index in [1.54, 1.807) is 30.5 Å². The quantitative estimate of drug-likeness (QED) is 0.845. The number of nitrogens with one attached hydrogen (secondary N) is 1. The van der Waals surface area contributed by atoms with Gasteiger partial charge in [-0.05, 0) is 37.7 Å². The molecule has 6 nitrogen and oxygen atoms in total. The van der Waals surface area contributed by atoms with Gasteiger partial charge in [0.1, 0.15) is 24.2 Å². The number of benzene rings is 1. The molecule has 0 bridgehead atoms. The number of anilines is 1. The van der Waals surface area contributed by atoms with Crippen molar-refractivity contribution >= 4 is 11.7 Å². The second kappa shape index (κ2) is 8.65. The Labute approximate surface area is 141 Å². The van der Waals surface area contributed by atoms with Crippen LogP contribution in [0.4, 0.5) is 5.82 Å². The normalized spacial score (nSPS) is 10.2. The number of ether oxygens (including phenoxy) is 1. The summed E-state index contributed by atoms with van der Waals surface area (Å²) in [6.45, 7) is 3.13. The Balaban J connectivity index is 1.74. The summed E-state index contributed by atoms with van der Waals surface area (Å²) in [6.07, 6.45) is 1.71. The number of nitrogens with zero attached hydrogens (tertiary/aromatic N) is 3. The Morgan fingerprint density at radius 1 is 1.33 bits per heavy atom. The number of hydrogen-bond acceptors (Lipinski definition) is 5. The lowest BCUT2D eigenvalue weighted by Gasteiger charge is -2.16. The monoisotopic (exact) mass is 324 g/mol. The summed E-state index contributed by atoms with van der Waals surface area (Å²) in [5, 5.41) is 11.8. The van der Waals surface area contributed by atoms with E-state index >= 15 is 0 Å². The van der Waals surface area contributed by atoms with E-state index in [0.29, 0.717) is 30.3 Å². The minimum absolute atomic E-state index is 0.133. The third-order valence-electron chi connectivity index (χ3n) is 3.33. The van der Waals surface area contributed by atoms with Crippen molar-refractivity contribution < 1.29 is 9.53 Å². The summed E-state index contributed by atoms with van der Waals surface area (Å²) in [4.78, 5) is 18.0. The van der Waals surface area contributed by atoms with Gasteiger partial charge in [-0.25, -0.2) is 4.98 Å². The first-order chi connectivity index (χ1) is 11.6. The number of carbonyl (C=O) groups excluding carboxylic acids is 1. The number of hydrogen-bond donors (Lipinski definition) is 1. The van der Waals surface area contributed by atoms with Gasteiger partial charge in [-0.1, -0.05) is 18.2 Å². The number of amides is 1. The van der Waals surface area contributed by atoms with Crippen LogP contribution in [0.1, 0.15) is 11.1 Å². The van der Waals surface area contributed by atoms with Gasteiger partial charge in [-0.3, -0.25) is 9.69 Å². The number of rotatable bonds is 7. The van der Waals surface area contributed by atoms with Crippen LogP contribution in [0.25, 0.3) is 0 Å². The van der Waals surface area contributed by atoms with Crippen LogP contribution in [0.5, 0.6) is 5.75 Å². The Hall–Kier alpha value is -2.91. The van der Waals surface area contributed by atoms with E-state index in [0.717, 1.165) is 5.56 Å². The molecule has 1 amide bonds. The maximum atomic E-state index is 12.0. The molecule has 124 valence electrons. The van der Waals surface area contributed by atoms with Crippen LogP contribution >= 0.6 is 0 Å². The number of aromatic nitrogens is 1. The molecule has 0 aliphatic heterocycles. The van der Waals surface area contributed by atoms with Gasteiger partial charge in [0.25, 0.3) is 0 Å². The lowest BCUT2D eigenvalue weighted by Crippen LogP contribution is -2.33. The summed E-state index contributed by atoms with van der Waals surface area (Å²) in [7, 11) is 1.84. The zero-order valence-electron chi connectivity index (χ0n) is 13.8. The second-order valence-corrected chi connectivity index (χ2v) is 5.46. The lowest BCUT2D eigenvalue weighted by molar-refractivity contribution is -0.117. The van der Waals surface area contributed by atoms with E-state index in [1.165, 1.54) is 0 Å². The number of carbonyl (C=O) groups is 1. The van der Waals surface area contributed by atoms with Gasteiger partial charge in [0.2, 0.25) is 5.91 Å². The molecule has 0 atom stereocenters. The standard InChI is InChI=1S/C18H20N4O2/c1-14-7-8-17(20-12-14)21-18(23)13-22(2)9-10-24-16-6-4-3-5-15(16)11-19/h3-8,12H,9-10,13H2,1-2H3,(H,20,21,23). The fourth-order valence-corrected chi connectivity index (χ4v) is 2.04. The van der Waals surface area contributed by atoms with Crippen molar-refractivity contribution in [3.63, 3.8) is 0 Å². The van der Waals surface area contributed by atoms with E-state index in [1.807, 2.05) is 31.0 Å². The van der Waals surface area contributed by atoms with Crippen molar-refractivity contribution in [2.24, 2.45) is 0 Å². The predicted octanol–water partition coefficient (Wildman–Crippen LogP) is 2.21. The molecule has 0 radical (unpaired) electrons. The van der Waals surface area contributed by atoms with E-state index < -0.39 is 0 Å². The van der Waals surface area contributed by atoms with Gasteiger partial charge in [0.05, 0.1) is 12.1 Å². The zero-order valence-corrected chi connectivity index (χ0v) is 13.8. The van der Waals surface area contributed by atoms with Gasteiger partial charge in [-0.2, -0.15) is 5.26 Å². The van der Waals surface area contributed by atoms with Crippen molar-refractivity contribution in [1.82, 2.24) is 9.88 Å². The molecule has 0 aliphatic carbocycles. The largest absolute Gasteiger partial charge is 0.491 e. The van der Waals surface area contributed by atoms with Crippen LogP contribution in [0.3, 0.4) is 0 Å². The Morgan fingerprint density at radius 3 is 2.83 bits per heavy atom. The zero-order chi connectivity index (χ0) is 17.4. The molecule has 1 aromatic heterocycles. The van der Waals surface area contributed by atoms with Gasteiger partial charge in [0.15, 0.2) is 0 Å². The Morgan fingerprint density at radius 2 is 2.12 bits per heavy atom. The minimum Gasteiger partial charge on any atom is -0.491 e. The van der Waals surface area contributed by atoms with Crippen LogP contribution in [0.15, 0.2) is 42.6 Å². The second-order valence-electron chi connectivity index (χ2n) is 5.46. The van der Waals surface area contributed by atoms with E-state index in [2.05, 4.69) is 16.4 Å². The number of para-hydroxylation sites is 1. The topological polar surface area (TPSA) is 78.3 Å². The van der Waals surface area contributed by atoms with Gasteiger partial charge in [-0.15, -0.1) is 0 Å². The highest BCUT2D eigenvalue weighted by atomic mass is 16.5. The highest BCUT2D eigenvalue weighted by molar-refractivity contribution is 5.91. The molecule has 24 heavy (non-hydrogen) atoms. The minimum atomic E-state index is -0.133. The SMILES string of the molecule is Cc1ccc(NC(=O)CN(C)CCOc2ccccc2C#N)nc1. The van der Waals surface area contributed by atoms with Crippen LogP contribution in [0.2, 0.25) is 0 Å². The van der Waals surface area contributed by atoms with Crippen molar-refractivity contribution in [2.45, 2.75) is 6.92 Å². The maximum Gasteiger partial charge on any atom is 0.239 e. The molecule has 2 rings (SSSR count). The molecular formula is C18H20N4O2. The van der Waals surface area contributed by atoms with Gasteiger partial charge in [0, 0.05) is 12.7 Å². The number of pyridine rings is 1. The first-order valence-corrected chi connectivity index (χ1v) is 7.61. The number of likely N-dealkylation sites (N-methyl/N-ethyl adjacent to an activating group) is 1. The molecule has 0 unspecified atom stereocenters. The Bertz CT molecular complexity index is 723. The predicted molar refractivity (Wildman–Crippen MR) is 91.8 cm³/mol. The highest BCUT2D eigenvalue weighted by Crippen LogP contribution is 2.16. The van der Waals surface area contributed by atoms with Crippen LogP contribution < -0.4 is 10.1 Å². The van der Waals surface area contributed by atoms with Crippen molar-refractivity contribution in [1.29, 1.82) is 5.26 Å². The fourth-order valence-electron chi connectivity index (χ4n) is 2.04. The van der Waals surface area contributed by atoms with E-state index in [-0.39, 0.29) is 12.5 Å². The summed E-state index contributed by atoms with van der Waals surface area (Å²) < 4.78 is 5.60. The maximum absolute atomic E-state index is 12.0. The third-order valence-corrected chi connectivity index (χ3v) is 3.33. The molecule has 1 heterocycles. The van der Waals surface area contributed by atoms with Crippen molar-refractivity contribution in [3.8, 4) is 11.8 Å². The summed E-state index contributed by atoms with van der Waals surface area (Å²) in [5.74, 6) is 0.964. The molecule has 0 saturated carbocycles. The molecule has 0 spiro atoms. The molecule has 2 aromatic rings. The summed E-state index contributed by atoms with van der Waals surface area (Å²) >= 11 is 0. The van der Waals surface area contributed by atoms with Crippen molar-refractivity contribution in [2.75, 3.05) is 32.1 Å². The third kappa shape index (κ3) is 5.38. The van der Waals surface area contributed by atoms with Crippen LogP contribution in [0, 0.1) is 18.3 Å². The van der Waals surface area contributed by atoms with Crippen molar-refractivity contribution in [3.05, 3.63) is 53.7 Å². The molecule has 0 aliphatic rings. The average molecular weight is 324 g/mol. The first kappa shape index (κ1) is 17.4. The number of aryl methyl sites for hydroxylation is 1. The van der Waals surface area contributed by atoms with Gasteiger partial charge >= 0.3 is 0 Å². The molecule has 0 fully saturated rings. The van der Waals surface area contributed by atoms with Crippen LogP contribution in [-0.4, -0.2) is 42.5 Å². The average Bonchev–Trinajstić information content (AvgIpc) is 2.57. The smallest absolute Gasteiger partial charge is 0.239 e. The molecule has 1 N–H and O–H groups in total. The van der Waals surface area contributed by atoms with E-state index in [9.17, 15) is 4.79 Å². The van der Waals surface area contributed by atoms with Crippen LogP contribution in [-0.2, 0) is 4.79 Å². The molecule has 6 heteroatoms.